The second-order valence-electron chi connectivity index (χ2n) is 7.33. The van der Waals surface area contributed by atoms with Crippen molar-refractivity contribution in [1.29, 1.82) is 0 Å². The summed E-state index contributed by atoms with van der Waals surface area (Å²) in [6.07, 6.45) is 4.63. The monoisotopic (exact) mass is 343 g/mol. The number of anilines is 1. The Kier molecular flexibility index (Phi) is 5.63. The van der Waals surface area contributed by atoms with Gasteiger partial charge in [-0.25, -0.2) is 15.0 Å². The average molecular weight is 343 g/mol. The highest BCUT2D eigenvalue weighted by molar-refractivity contribution is 5.34. The molecule has 7 heteroatoms. The zero-order valence-electron chi connectivity index (χ0n) is 15.7. The molecule has 1 N–H and O–H groups in total. The van der Waals surface area contributed by atoms with Crippen LogP contribution < -0.4 is 10.2 Å². The van der Waals surface area contributed by atoms with Gasteiger partial charge in [0.15, 0.2) is 0 Å². The van der Waals surface area contributed by atoms with Crippen molar-refractivity contribution >= 4 is 5.95 Å². The summed E-state index contributed by atoms with van der Waals surface area (Å²) in [7, 11) is 1.93. The lowest BCUT2D eigenvalue weighted by molar-refractivity contribution is 0.541. The molecule has 1 atom stereocenters. The first-order valence-corrected chi connectivity index (χ1v) is 9.17. The Labute approximate surface area is 149 Å². The van der Waals surface area contributed by atoms with E-state index in [0.717, 1.165) is 62.1 Å². The number of hydrogen-bond acceptors (Lipinski definition) is 6. The predicted octanol–water partition coefficient (Wildman–Crippen LogP) is 1.52. The molecule has 0 aromatic carbocycles. The van der Waals surface area contributed by atoms with Gasteiger partial charge in [-0.15, -0.1) is 0 Å². The molecular weight excluding hydrogens is 314 g/mol. The van der Waals surface area contributed by atoms with Crippen LogP contribution in [0.1, 0.15) is 37.5 Å². The van der Waals surface area contributed by atoms with Crippen LogP contribution in [-0.2, 0) is 19.9 Å². The first-order valence-electron chi connectivity index (χ1n) is 9.17. The highest BCUT2D eigenvalue weighted by Crippen LogP contribution is 2.18. The number of nitrogens with one attached hydrogen (secondary N) is 1. The van der Waals surface area contributed by atoms with Gasteiger partial charge in [-0.1, -0.05) is 13.8 Å². The lowest BCUT2D eigenvalue weighted by atomic mass is 10.1. The molecule has 3 heterocycles. The van der Waals surface area contributed by atoms with E-state index in [-0.39, 0.29) is 0 Å². The zero-order chi connectivity index (χ0) is 17.8. The van der Waals surface area contributed by atoms with Crippen LogP contribution in [0.2, 0.25) is 0 Å². The smallest absolute Gasteiger partial charge is 0.225 e. The standard InChI is InChI=1S/C18H29N7/c1-13(2)9-16-10-14(3)22-18(23-16)25-8-6-15(11-25)19-7-5-17-20-12-21-24(17)4/h10,12-13,15,19H,5-9,11H2,1-4H3/t15-/m1/s1. The van der Waals surface area contributed by atoms with Crippen LogP contribution in [0.3, 0.4) is 0 Å². The van der Waals surface area contributed by atoms with E-state index in [4.69, 9.17) is 4.98 Å². The minimum atomic E-state index is 0.478. The summed E-state index contributed by atoms with van der Waals surface area (Å²) >= 11 is 0. The maximum atomic E-state index is 4.79. The summed E-state index contributed by atoms with van der Waals surface area (Å²) in [5.41, 5.74) is 2.20. The van der Waals surface area contributed by atoms with Gasteiger partial charge in [0.05, 0.1) is 0 Å². The first-order chi connectivity index (χ1) is 12.0. The van der Waals surface area contributed by atoms with E-state index < -0.39 is 0 Å². The van der Waals surface area contributed by atoms with Gasteiger partial charge in [-0.2, -0.15) is 5.10 Å². The SMILES string of the molecule is Cc1cc(CC(C)C)nc(N2CC[C@@H](NCCc3ncnn3C)C2)n1. The van der Waals surface area contributed by atoms with Gasteiger partial charge in [0.1, 0.15) is 12.2 Å². The van der Waals surface area contributed by atoms with Crippen LogP contribution in [0.15, 0.2) is 12.4 Å². The highest BCUT2D eigenvalue weighted by atomic mass is 15.3. The number of nitrogens with zero attached hydrogens (tertiary/aromatic N) is 6. The topological polar surface area (TPSA) is 71.8 Å². The predicted molar refractivity (Wildman–Crippen MR) is 98.6 cm³/mol. The van der Waals surface area contributed by atoms with Crippen LogP contribution in [0.25, 0.3) is 0 Å². The third-order valence-electron chi connectivity index (χ3n) is 4.57. The van der Waals surface area contributed by atoms with Crippen molar-refractivity contribution in [3.05, 3.63) is 29.6 Å². The summed E-state index contributed by atoms with van der Waals surface area (Å²) in [6.45, 7) is 9.39. The summed E-state index contributed by atoms with van der Waals surface area (Å²) in [5.74, 6) is 2.51. The van der Waals surface area contributed by atoms with E-state index in [1.807, 2.05) is 11.7 Å². The van der Waals surface area contributed by atoms with E-state index in [2.05, 4.69) is 52.1 Å². The van der Waals surface area contributed by atoms with E-state index in [1.54, 1.807) is 6.33 Å². The van der Waals surface area contributed by atoms with Crippen molar-refractivity contribution in [3.8, 4) is 0 Å². The quantitative estimate of drug-likeness (QED) is 0.822. The van der Waals surface area contributed by atoms with Gasteiger partial charge in [-0.3, -0.25) is 4.68 Å². The summed E-state index contributed by atoms with van der Waals surface area (Å²) < 4.78 is 1.83. The third kappa shape index (κ3) is 4.75. The molecule has 2 aromatic heterocycles. The van der Waals surface area contributed by atoms with E-state index in [0.29, 0.717) is 12.0 Å². The molecule has 1 aliphatic heterocycles. The van der Waals surface area contributed by atoms with Gasteiger partial charge in [0.2, 0.25) is 5.95 Å². The second kappa shape index (κ2) is 7.91. The van der Waals surface area contributed by atoms with Crippen molar-refractivity contribution in [2.24, 2.45) is 13.0 Å². The van der Waals surface area contributed by atoms with E-state index in [1.165, 1.54) is 0 Å². The molecule has 0 bridgehead atoms. The molecule has 7 nitrogen and oxygen atoms in total. The molecule has 1 saturated heterocycles. The van der Waals surface area contributed by atoms with Gasteiger partial charge in [0, 0.05) is 50.5 Å². The van der Waals surface area contributed by atoms with Crippen molar-refractivity contribution in [3.63, 3.8) is 0 Å². The highest BCUT2D eigenvalue weighted by Gasteiger charge is 2.24. The van der Waals surface area contributed by atoms with Gasteiger partial charge in [0.25, 0.3) is 0 Å². The fourth-order valence-corrected chi connectivity index (χ4v) is 3.32. The molecule has 0 aliphatic carbocycles. The molecule has 3 rings (SSSR count). The van der Waals surface area contributed by atoms with Crippen LogP contribution in [-0.4, -0.2) is 50.4 Å². The molecule has 0 saturated carbocycles. The van der Waals surface area contributed by atoms with Gasteiger partial charge >= 0.3 is 0 Å². The molecule has 0 unspecified atom stereocenters. The Bertz CT molecular complexity index is 694. The molecule has 0 radical (unpaired) electrons. The maximum absolute atomic E-state index is 4.79. The van der Waals surface area contributed by atoms with Crippen LogP contribution in [0.5, 0.6) is 0 Å². The summed E-state index contributed by atoms with van der Waals surface area (Å²) in [4.78, 5) is 16.0. The molecule has 0 spiro atoms. The number of aromatic nitrogens is 5. The van der Waals surface area contributed by atoms with E-state index in [9.17, 15) is 0 Å². The molecule has 1 fully saturated rings. The molecule has 136 valence electrons. The van der Waals surface area contributed by atoms with Crippen molar-refractivity contribution in [2.75, 3.05) is 24.5 Å². The van der Waals surface area contributed by atoms with Gasteiger partial charge < -0.3 is 10.2 Å². The first kappa shape index (κ1) is 17.8. The minimum Gasteiger partial charge on any atom is -0.339 e. The Morgan fingerprint density at radius 2 is 2.16 bits per heavy atom. The Morgan fingerprint density at radius 1 is 1.32 bits per heavy atom. The Morgan fingerprint density at radius 3 is 2.88 bits per heavy atom. The van der Waals surface area contributed by atoms with Crippen LogP contribution >= 0.6 is 0 Å². The summed E-state index contributed by atoms with van der Waals surface area (Å²) in [6, 6.07) is 2.59. The van der Waals surface area contributed by atoms with Crippen molar-refractivity contribution < 1.29 is 0 Å². The van der Waals surface area contributed by atoms with Crippen LogP contribution in [0, 0.1) is 12.8 Å². The lowest BCUT2D eigenvalue weighted by Gasteiger charge is -2.18. The Balaban J connectivity index is 1.53. The third-order valence-corrected chi connectivity index (χ3v) is 4.57. The maximum Gasteiger partial charge on any atom is 0.225 e. The number of rotatable bonds is 7. The second-order valence-corrected chi connectivity index (χ2v) is 7.33. The number of aryl methyl sites for hydroxylation is 2. The van der Waals surface area contributed by atoms with E-state index >= 15 is 0 Å². The minimum absolute atomic E-state index is 0.478. The average Bonchev–Trinajstić information content (AvgIpc) is 3.16. The lowest BCUT2D eigenvalue weighted by Crippen LogP contribution is -2.34. The normalized spacial score (nSPS) is 17.6. The molecule has 2 aromatic rings. The fourth-order valence-electron chi connectivity index (χ4n) is 3.32. The largest absolute Gasteiger partial charge is 0.339 e. The molecule has 1 aliphatic rings. The van der Waals surface area contributed by atoms with Crippen LogP contribution in [0.4, 0.5) is 5.95 Å². The Hall–Kier alpha value is -2.02. The molecule has 0 amide bonds. The van der Waals surface area contributed by atoms with Gasteiger partial charge in [-0.05, 0) is 31.7 Å². The fraction of sp³-hybridized carbons (Fsp3) is 0.667. The molecule has 25 heavy (non-hydrogen) atoms. The zero-order valence-corrected chi connectivity index (χ0v) is 15.7. The number of hydrogen-bond donors (Lipinski definition) is 1. The molecular formula is C18H29N7. The van der Waals surface area contributed by atoms with Crippen molar-refractivity contribution in [2.45, 2.75) is 46.1 Å². The van der Waals surface area contributed by atoms with Crippen molar-refractivity contribution in [1.82, 2.24) is 30.0 Å². The summed E-state index contributed by atoms with van der Waals surface area (Å²) in [5, 5.41) is 7.74.